The van der Waals surface area contributed by atoms with Crippen LogP contribution in [0.3, 0.4) is 0 Å². The van der Waals surface area contributed by atoms with Crippen molar-refractivity contribution in [2.24, 2.45) is 0 Å². The largest absolute Gasteiger partial charge is 0.460 e. The molecule has 1 unspecified atom stereocenters. The molecule has 0 saturated carbocycles. The summed E-state index contributed by atoms with van der Waals surface area (Å²) in [4.78, 5) is 0. The van der Waals surface area contributed by atoms with Crippen molar-refractivity contribution < 1.29 is 4.42 Å². The maximum atomic E-state index is 5.91. The molecule has 0 radical (unpaired) electrons. The van der Waals surface area contributed by atoms with Crippen LogP contribution in [0.4, 0.5) is 0 Å². The molecule has 0 saturated heterocycles. The van der Waals surface area contributed by atoms with Crippen LogP contribution in [0.25, 0.3) is 17.0 Å². The van der Waals surface area contributed by atoms with Gasteiger partial charge in [0.15, 0.2) is 0 Å². The first-order valence-electron chi connectivity index (χ1n) is 5.44. The van der Waals surface area contributed by atoms with Gasteiger partial charge in [0.05, 0.1) is 0 Å². The standard InChI is InChI=1S/C14H14O/c1-9-7-10(2)14-12(8-9)11-5-3-4-6-13(11)15-14/h3-6,8,10H,7H2,1-2H3. The molecule has 0 fully saturated rings. The lowest BCUT2D eigenvalue weighted by molar-refractivity contribution is 0.499. The number of furan rings is 1. The Labute approximate surface area is 89.4 Å². The van der Waals surface area contributed by atoms with Gasteiger partial charge < -0.3 is 4.42 Å². The molecule has 1 heteroatoms. The highest BCUT2D eigenvalue weighted by molar-refractivity contribution is 5.89. The van der Waals surface area contributed by atoms with Crippen LogP contribution in [0.5, 0.6) is 0 Å². The van der Waals surface area contributed by atoms with Gasteiger partial charge in [-0.05, 0) is 19.4 Å². The molecule has 1 aliphatic carbocycles. The lowest BCUT2D eigenvalue weighted by atomic mass is 9.89. The van der Waals surface area contributed by atoms with Gasteiger partial charge in [-0.2, -0.15) is 0 Å². The summed E-state index contributed by atoms with van der Waals surface area (Å²) in [5.41, 5.74) is 3.75. The Morgan fingerprint density at radius 1 is 1.27 bits per heavy atom. The summed E-state index contributed by atoms with van der Waals surface area (Å²) in [6.07, 6.45) is 3.38. The number of fused-ring (bicyclic) bond motifs is 3. The Kier molecular flexibility index (Phi) is 1.75. The minimum Gasteiger partial charge on any atom is -0.460 e. The zero-order chi connectivity index (χ0) is 10.4. The van der Waals surface area contributed by atoms with E-state index >= 15 is 0 Å². The molecule has 15 heavy (non-hydrogen) atoms. The predicted octanol–water partition coefficient (Wildman–Crippen LogP) is 4.34. The Hall–Kier alpha value is -1.50. The highest BCUT2D eigenvalue weighted by Gasteiger charge is 2.21. The molecule has 0 aliphatic heterocycles. The van der Waals surface area contributed by atoms with E-state index < -0.39 is 0 Å². The van der Waals surface area contributed by atoms with E-state index in [0.29, 0.717) is 5.92 Å². The third-order valence-corrected chi connectivity index (χ3v) is 3.13. The number of hydrogen-bond donors (Lipinski definition) is 0. The first-order chi connectivity index (χ1) is 7.25. The average Bonchev–Trinajstić information content (AvgIpc) is 2.57. The van der Waals surface area contributed by atoms with Crippen LogP contribution in [0.15, 0.2) is 34.3 Å². The summed E-state index contributed by atoms with van der Waals surface area (Å²) in [6, 6.07) is 8.28. The van der Waals surface area contributed by atoms with Gasteiger partial charge in [-0.25, -0.2) is 0 Å². The number of rotatable bonds is 0. The maximum absolute atomic E-state index is 5.91. The molecule has 2 aromatic rings. The van der Waals surface area contributed by atoms with Crippen LogP contribution in [0.1, 0.15) is 37.5 Å². The van der Waals surface area contributed by atoms with Gasteiger partial charge in [0.25, 0.3) is 0 Å². The number of allylic oxidation sites excluding steroid dienone is 1. The van der Waals surface area contributed by atoms with Crippen LogP contribution in [-0.2, 0) is 0 Å². The molecular formula is C14H14O. The van der Waals surface area contributed by atoms with E-state index in [1.807, 2.05) is 12.1 Å². The summed E-state index contributed by atoms with van der Waals surface area (Å²) < 4.78 is 5.91. The van der Waals surface area contributed by atoms with Crippen molar-refractivity contribution in [2.45, 2.75) is 26.2 Å². The van der Waals surface area contributed by atoms with E-state index in [2.05, 4.69) is 32.1 Å². The van der Waals surface area contributed by atoms with Crippen LogP contribution in [-0.4, -0.2) is 0 Å². The first kappa shape index (κ1) is 8.78. The number of hydrogen-bond acceptors (Lipinski definition) is 1. The van der Waals surface area contributed by atoms with E-state index in [4.69, 9.17) is 4.42 Å². The Morgan fingerprint density at radius 3 is 2.93 bits per heavy atom. The quantitative estimate of drug-likeness (QED) is 0.613. The summed E-state index contributed by atoms with van der Waals surface area (Å²) in [5, 5.41) is 1.25. The van der Waals surface area contributed by atoms with Gasteiger partial charge in [-0.3, -0.25) is 0 Å². The summed E-state index contributed by atoms with van der Waals surface area (Å²) >= 11 is 0. The van der Waals surface area contributed by atoms with Gasteiger partial charge in [0.2, 0.25) is 0 Å². The monoisotopic (exact) mass is 198 g/mol. The van der Waals surface area contributed by atoms with Crippen LogP contribution in [0.2, 0.25) is 0 Å². The topological polar surface area (TPSA) is 13.1 Å². The molecule has 1 aliphatic rings. The highest BCUT2D eigenvalue weighted by atomic mass is 16.3. The lowest BCUT2D eigenvalue weighted by Crippen LogP contribution is -1.99. The lowest BCUT2D eigenvalue weighted by Gasteiger charge is -2.15. The normalized spacial score (nSPS) is 20.1. The van der Waals surface area contributed by atoms with Crippen molar-refractivity contribution in [1.29, 1.82) is 0 Å². The van der Waals surface area contributed by atoms with Gasteiger partial charge >= 0.3 is 0 Å². The Bertz CT molecular complexity index is 545. The third kappa shape index (κ3) is 1.23. The molecular weight excluding hydrogens is 184 g/mol. The molecule has 1 aromatic heterocycles. The number of para-hydroxylation sites is 1. The Morgan fingerprint density at radius 2 is 2.07 bits per heavy atom. The van der Waals surface area contributed by atoms with Gasteiger partial charge in [0.1, 0.15) is 11.3 Å². The second-order valence-corrected chi connectivity index (χ2v) is 4.47. The van der Waals surface area contributed by atoms with Crippen molar-refractivity contribution in [2.75, 3.05) is 0 Å². The summed E-state index contributed by atoms with van der Waals surface area (Å²) in [5.74, 6) is 1.67. The van der Waals surface area contributed by atoms with Crippen LogP contribution >= 0.6 is 0 Å². The van der Waals surface area contributed by atoms with Gasteiger partial charge in [0, 0.05) is 16.9 Å². The fourth-order valence-electron chi connectivity index (χ4n) is 2.48. The minimum absolute atomic E-state index is 0.511. The SMILES string of the molecule is CC1=Cc2c(oc3ccccc23)C(C)C1. The van der Waals surface area contributed by atoms with Crippen molar-refractivity contribution in [3.63, 3.8) is 0 Å². The van der Waals surface area contributed by atoms with Gasteiger partial charge in [-0.1, -0.05) is 36.8 Å². The molecule has 3 rings (SSSR count). The average molecular weight is 198 g/mol. The van der Waals surface area contributed by atoms with Crippen LogP contribution in [0, 0.1) is 0 Å². The van der Waals surface area contributed by atoms with E-state index in [0.717, 1.165) is 17.8 Å². The van der Waals surface area contributed by atoms with Crippen molar-refractivity contribution in [3.8, 4) is 0 Å². The molecule has 1 nitrogen and oxygen atoms in total. The molecule has 0 spiro atoms. The molecule has 1 aromatic carbocycles. The maximum Gasteiger partial charge on any atom is 0.134 e. The van der Waals surface area contributed by atoms with E-state index in [9.17, 15) is 0 Å². The van der Waals surface area contributed by atoms with Crippen molar-refractivity contribution in [3.05, 3.63) is 41.2 Å². The fourth-order valence-corrected chi connectivity index (χ4v) is 2.48. The smallest absolute Gasteiger partial charge is 0.134 e. The summed E-state index contributed by atoms with van der Waals surface area (Å²) in [6.45, 7) is 4.43. The van der Waals surface area contributed by atoms with Crippen molar-refractivity contribution in [1.82, 2.24) is 0 Å². The fraction of sp³-hybridized carbons (Fsp3) is 0.286. The molecule has 0 bridgehead atoms. The first-order valence-corrected chi connectivity index (χ1v) is 5.44. The zero-order valence-corrected chi connectivity index (χ0v) is 9.08. The molecule has 0 amide bonds. The molecule has 0 N–H and O–H groups in total. The second-order valence-electron chi connectivity index (χ2n) is 4.47. The molecule has 1 heterocycles. The highest BCUT2D eigenvalue weighted by Crippen LogP contribution is 2.39. The number of benzene rings is 1. The molecule has 76 valence electrons. The van der Waals surface area contributed by atoms with Gasteiger partial charge in [-0.15, -0.1) is 0 Å². The van der Waals surface area contributed by atoms with Crippen molar-refractivity contribution >= 4 is 17.0 Å². The van der Waals surface area contributed by atoms with E-state index in [1.165, 1.54) is 16.5 Å². The van der Waals surface area contributed by atoms with E-state index in [-0.39, 0.29) is 0 Å². The van der Waals surface area contributed by atoms with E-state index in [1.54, 1.807) is 0 Å². The molecule has 1 atom stereocenters. The zero-order valence-electron chi connectivity index (χ0n) is 9.08. The predicted molar refractivity (Wildman–Crippen MR) is 62.9 cm³/mol. The van der Waals surface area contributed by atoms with Crippen LogP contribution < -0.4 is 0 Å². The second kappa shape index (κ2) is 2.99. The summed E-state index contributed by atoms with van der Waals surface area (Å²) in [7, 11) is 0. The third-order valence-electron chi connectivity index (χ3n) is 3.13. The Balaban J connectivity index is 2.37. The minimum atomic E-state index is 0.511.